The molecule has 5 rings (SSSR count). The molecule has 2 fully saturated rings. The maximum absolute atomic E-state index is 12.4. The van der Waals surface area contributed by atoms with Gasteiger partial charge in [0.15, 0.2) is 6.29 Å². The Kier molecular flexibility index (Phi) is 13.5. The molecule has 2 heterocycles. The Hall–Kier alpha value is -3.64. The van der Waals surface area contributed by atoms with Crippen LogP contribution in [-0.4, -0.2) is 64.0 Å². The van der Waals surface area contributed by atoms with E-state index in [1.807, 2.05) is 48.5 Å². The van der Waals surface area contributed by atoms with Crippen molar-refractivity contribution >= 4 is 11.8 Å². The van der Waals surface area contributed by atoms with Gasteiger partial charge in [-0.25, -0.2) is 5.48 Å². The average Bonchev–Trinajstić information content (AvgIpc) is 3.59. The maximum Gasteiger partial charge on any atom is 0.243 e. The van der Waals surface area contributed by atoms with Crippen LogP contribution in [0.25, 0.3) is 11.1 Å². The molecule has 2 saturated heterocycles. The quantitative estimate of drug-likeness (QED) is 0.0792. The standard InChI is InChI=1S/C38H49N3O7/c42-25-27-12-14-30(15-13-27)35-22-34(24-41-20-6-9-33(41)26-43)47-38(48-35)31-18-16-29(17-19-31)32-8-5-7-28(21-32)23-39-36(44)10-3-1-2-4-11-37(45)40-46/h5,7-8,12-19,21,33-35,38,42-43,46H,1-4,6,9-11,20,22-26H2,(H,39,44)(H,40,45)/t33-,34-,35+,38+/m0/s1. The summed E-state index contributed by atoms with van der Waals surface area (Å²) >= 11 is 0. The first-order valence-electron chi connectivity index (χ1n) is 17.2. The second kappa shape index (κ2) is 18.2. The van der Waals surface area contributed by atoms with E-state index in [-0.39, 0.29) is 49.7 Å². The predicted octanol–water partition coefficient (Wildman–Crippen LogP) is 5.31. The number of aliphatic hydroxyl groups excluding tert-OH is 2. The van der Waals surface area contributed by atoms with Gasteiger partial charge in [0.05, 0.1) is 25.4 Å². The summed E-state index contributed by atoms with van der Waals surface area (Å²) in [7, 11) is 0. The number of hydroxylamine groups is 1. The minimum absolute atomic E-state index is 0.000613. The highest BCUT2D eigenvalue weighted by molar-refractivity contribution is 5.76. The third kappa shape index (κ3) is 10.2. The number of unbranched alkanes of at least 4 members (excludes halogenated alkanes) is 3. The molecule has 10 heteroatoms. The zero-order chi connectivity index (χ0) is 33.7. The smallest absolute Gasteiger partial charge is 0.243 e. The zero-order valence-corrected chi connectivity index (χ0v) is 27.6. The van der Waals surface area contributed by atoms with Crippen molar-refractivity contribution in [3.05, 3.63) is 95.1 Å². The van der Waals surface area contributed by atoms with Crippen LogP contribution in [0.3, 0.4) is 0 Å². The van der Waals surface area contributed by atoms with Gasteiger partial charge in [-0.2, -0.15) is 0 Å². The molecule has 4 atom stereocenters. The van der Waals surface area contributed by atoms with Crippen molar-refractivity contribution in [1.29, 1.82) is 0 Å². The van der Waals surface area contributed by atoms with Gasteiger partial charge in [0, 0.05) is 44.0 Å². The van der Waals surface area contributed by atoms with Crippen LogP contribution >= 0.6 is 0 Å². The Morgan fingerprint density at radius 2 is 1.54 bits per heavy atom. The third-order valence-corrected chi connectivity index (χ3v) is 9.38. The van der Waals surface area contributed by atoms with Crippen LogP contribution in [0, 0.1) is 0 Å². The summed E-state index contributed by atoms with van der Waals surface area (Å²) < 4.78 is 13.1. The van der Waals surface area contributed by atoms with E-state index in [0.29, 0.717) is 25.8 Å². The van der Waals surface area contributed by atoms with Gasteiger partial charge >= 0.3 is 0 Å². The van der Waals surface area contributed by atoms with Crippen LogP contribution in [0.4, 0.5) is 0 Å². The molecule has 10 nitrogen and oxygen atoms in total. The van der Waals surface area contributed by atoms with Gasteiger partial charge in [-0.3, -0.25) is 19.7 Å². The summed E-state index contributed by atoms with van der Waals surface area (Å²) in [6.45, 7) is 2.30. The van der Waals surface area contributed by atoms with Gasteiger partial charge in [-0.15, -0.1) is 0 Å². The first-order chi connectivity index (χ1) is 23.4. The largest absolute Gasteiger partial charge is 0.395 e. The van der Waals surface area contributed by atoms with Gasteiger partial charge in [-0.1, -0.05) is 79.6 Å². The van der Waals surface area contributed by atoms with Crippen LogP contribution < -0.4 is 10.8 Å². The first-order valence-corrected chi connectivity index (χ1v) is 17.2. The topological polar surface area (TPSA) is 141 Å². The predicted molar refractivity (Wildman–Crippen MR) is 181 cm³/mol. The molecule has 0 spiro atoms. The number of carbonyl (C=O) groups excluding carboxylic acids is 2. The van der Waals surface area contributed by atoms with Crippen molar-refractivity contribution in [3.63, 3.8) is 0 Å². The molecule has 0 aliphatic carbocycles. The molecule has 3 aromatic carbocycles. The van der Waals surface area contributed by atoms with Crippen molar-refractivity contribution in [1.82, 2.24) is 15.7 Å². The number of hydrogen-bond acceptors (Lipinski definition) is 8. The fraction of sp³-hybridized carbons (Fsp3) is 0.474. The highest BCUT2D eigenvalue weighted by Gasteiger charge is 2.35. The number of hydrogen-bond donors (Lipinski definition) is 5. The van der Waals surface area contributed by atoms with Gasteiger partial charge < -0.3 is 25.0 Å². The number of nitrogens with one attached hydrogen (secondary N) is 2. The molecule has 0 bridgehead atoms. The monoisotopic (exact) mass is 659 g/mol. The molecule has 0 aromatic heterocycles. The minimum Gasteiger partial charge on any atom is -0.395 e. The van der Waals surface area contributed by atoms with Crippen LogP contribution in [0.2, 0.25) is 0 Å². The molecule has 0 saturated carbocycles. The van der Waals surface area contributed by atoms with E-state index < -0.39 is 6.29 Å². The number of nitrogens with zero attached hydrogens (tertiary/aromatic N) is 1. The Balaban J connectivity index is 1.18. The summed E-state index contributed by atoms with van der Waals surface area (Å²) in [6, 6.07) is 24.5. The molecule has 3 aromatic rings. The molecule has 0 radical (unpaired) electrons. The molecule has 2 aliphatic rings. The molecule has 258 valence electrons. The lowest BCUT2D eigenvalue weighted by atomic mass is 9.98. The minimum atomic E-state index is -0.544. The normalized spacial score (nSPS) is 21.2. The van der Waals surface area contributed by atoms with Gasteiger partial charge in [0.25, 0.3) is 0 Å². The number of amides is 2. The highest BCUT2D eigenvalue weighted by Crippen LogP contribution is 2.39. The summed E-state index contributed by atoms with van der Waals surface area (Å²) in [5, 5.41) is 30.9. The van der Waals surface area contributed by atoms with Crippen molar-refractivity contribution in [2.45, 2.75) is 95.5 Å². The zero-order valence-electron chi connectivity index (χ0n) is 27.6. The van der Waals surface area contributed by atoms with E-state index in [2.05, 4.69) is 34.5 Å². The Bertz CT molecular complexity index is 1450. The van der Waals surface area contributed by atoms with Crippen molar-refractivity contribution in [2.75, 3.05) is 19.7 Å². The van der Waals surface area contributed by atoms with E-state index in [1.54, 1.807) is 5.48 Å². The van der Waals surface area contributed by atoms with E-state index in [0.717, 1.165) is 78.6 Å². The van der Waals surface area contributed by atoms with Crippen LogP contribution in [0.15, 0.2) is 72.8 Å². The highest BCUT2D eigenvalue weighted by atomic mass is 16.7. The number of benzene rings is 3. The van der Waals surface area contributed by atoms with Crippen LogP contribution in [-0.2, 0) is 32.2 Å². The molecule has 2 aliphatic heterocycles. The molecule has 0 unspecified atom stereocenters. The average molecular weight is 660 g/mol. The second-order valence-corrected chi connectivity index (χ2v) is 12.9. The first kappa shape index (κ1) is 35.7. The lowest BCUT2D eigenvalue weighted by molar-refractivity contribution is -0.253. The Morgan fingerprint density at radius 1 is 0.812 bits per heavy atom. The van der Waals surface area contributed by atoms with E-state index in [4.69, 9.17) is 14.7 Å². The Labute approximate surface area is 283 Å². The van der Waals surface area contributed by atoms with E-state index in [1.165, 1.54) is 0 Å². The van der Waals surface area contributed by atoms with Gasteiger partial charge in [0.2, 0.25) is 11.8 Å². The summed E-state index contributed by atoms with van der Waals surface area (Å²) in [6.07, 6.45) is 5.88. The number of likely N-dealkylation sites (tertiary alicyclic amines) is 1. The third-order valence-electron chi connectivity index (χ3n) is 9.38. The lowest BCUT2D eigenvalue weighted by Crippen LogP contribution is -2.42. The lowest BCUT2D eigenvalue weighted by Gasteiger charge is -2.38. The van der Waals surface area contributed by atoms with E-state index >= 15 is 0 Å². The van der Waals surface area contributed by atoms with Crippen molar-refractivity contribution < 1.29 is 34.5 Å². The number of aliphatic hydroxyl groups is 2. The summed E-state index contributed by atoms with van der Waals surface area (Å²) in [4.78, 5) is 25.8. The maximum atomic E-state index is 12.4. The summed E-state index contributed by atoms with van der Waals surface area (Å²) in [5.74, 6) is -0.378. The second-order valence-electron chi connectivity index (χ2n) is 12.9. The van der Waals surface area contributed by atoms with E-state index in [9.17, 15) is 19.8 Å². The molecular weight excluding hydrogens is 610 g/mol. The SMILES string of the molecule is O=C(CCCCCCC(=O)NCc1cccc(-c2ccc([C@@H]3O[C@H](CN4CCC[C@H]4CO)C[C@H](c4ccc(CO)cc4)O3)cc2)c1)NO. The fourth-order valence-corrected chi connectivity index (χ4v) is 6.60. The van der Waals surface area contributed by atoms with Crippen molar-refractivity contribution in [3.8, 4) is 11.1 Å². The van der Waals surface area contributed by atoms with Crippen molar-refractivity contribution in [2.24, 2.45) is 0 Å². The van der Waals surface area contributed by atoms with Crippen LogP contribution in [0.1, 0.15) is 92.4 Å². The van der Waals surface area contributed by atoms with Crippen LogP contribution in [0.5, 0.6) is 0 Å². The van der Waals surface area contributed by atoms with Gasteiger partial charge in [0.1, 0.15) is 0 Å². The number of ether oxygens (including phenoxy) is 2. The van der Waals surface area contributed by atoms with Gasteiger partial charge in [-0.05, 0) is 66.1 Å². The molecule has 5 N–H and O–H groups in total. The number of rotatable bonds is 16. The molecular formula is C38H49N3O7. The fourth-order valence-electron chi connectivity index (χ4n) is 6.60. The summed E-state index contributed by atoms with van der Waals surface area (Å²) in [5.41, 5.74) is 7.59. The number of carbonyl (C=O) groups is 2. The molecule has 2 amide bonds. The molecule has 48 heavy (non-hydrogen) atoms. The Morgan fingerprint density at radius 3 is 2.25 bits per heavy atom.